The van der Waals surface area contributed by atoms with Crippen LogP contribution in [0.4, 0.5) is 11.4 Å². The first-order valence-electron chi connectivity index (χ1n) is 10.4. The lowest BCUT2D eigenvalue weighted by atomic mass is 9.98. The largest absolute Gasteiger partial charge is 0.497 e. The van der Waals surface area contributed by atoms with Gasteiger partial charge in [0, 0.05) is 11.1 Å². The maximum atomic E-state index is 12.7. The Morgan fingerprint density at radius 2 is 1.48 bits per heavy atom. The first kappa shape index (κ1) is 21.1. The van der Waals surface area contributed by atoms with Crippen molar-refractivity contribution in [2.45, 2.75) is 11.9 Å². The van der Waals surface area contributed by atoms with Crippen LogP contribution in [-0.4, -0.2) is 30.9 Å². The summed E-state index contributed by atoms with van der Waals surface area (Å²) in [7, 11) is 2.99. The number of anilines is 2. The van der Waals surface area contributed by atoms with Gasteiger partial charge in [0.25, 0.3) is 0 Å². The van der Waals surface area contributed by atoms with E-state index in [2.05, 4.69) is 6.07 Å². The number of para-hydroxylation sites is 1. The molecule has 1 atom stereocenters. The zero-order valence-corrected chi connectivity index (χ0v) is 19.2. The first-order valence-corrected chi connectivity index (χ1v) is 11.2. The molecule has 7 nitrogen and oxygen atoms in total. The van der Waals surface area contributed by atoms with E-state index in [0.717, 1.165) is 34.0 Å². The number of methoxy groups -OCH3 is 2. The summed E-state index contributed by atoms with van der Waals surface area (Å²) in [5.74, 6) is 0.238. The number of fused-ring (bicyclic) bond motifs is 2. The lowest BCUT2D eigenvalue weighted by molar-refractivity contribution is -0.132. The lowest BCUT2D eigenvalue weighted by Gasteiger charge is -2.46. The van der Waals surface area contributed by atoms with Crippen molar-refractivity contribution in [2.24, 2.45) is 10.2 Å². The number of rotatable bonds is 4. The highest BCUT2D eigenvalue weighted by Gasteiger charge is 2.56. The lowest BCUT2D eigenvalue weighted by Crippen LogP contribution is -2.53. The summed E-state index contributed by atoms with van der Waals surface area (Å²) in [5.41, 5.74) is 4.51. The fraction of sp³-hybridized carbons (Fsp3) is 0.160. The average Bonchev–Trinajstić information content (AvgIpc) is 3.27. The Labute approximate surface area is 196 Å². The van der Waals surface area contributed by atoms with Gasteiger partial charge in [-0.2, -0.15) is 10.2 Å². The number of esters is 1. The molecule has 2 aliphatic rings. The van der Waals surface area contributed by atoms with Crippen LogP contribution >= 0.6 is 11.8 Å². The molecule has 0 aromatic heterocycles. The topological polar surface area (TPSA) is 66.7 Å². The van der Waals surface area contributed by atoms with Crippen molar-refractivity contribution < 1.29 is 14.3 Å². The van der Waals surface area contributed by atoms with E-state index in [-0.39, 0.29) is 5.04 Å². The van der Waals surface area contributed by atoms with E-state index in [0.29, 0.717) is 0 Å². The fourth-order valence-electron chi connectivity index (χ4n) is 4.06. The molecule has 33 heavy (non-hydrogen) atoms. The molecule has 1 spiro atoms. The van der Waals surface area contributed by atoms with Gasteiger partial charge in [-0.1, -0.05) is 42.5 Å². The molecule has 0 amide bonds. The molecule has 0 radical (unpaired) electrons. The van der Waals surface area contributed by atoms with Crippen LogP contribution in [0.1, 0.15) is 18.1 Å². The number of carbonyl (C=O) groups excluding carboxylic acids is 1. The van der Waals surface area contributed by atoms with Gasteiger partial charge >= 0.3 is 5.97 Å². The summed E-state index contributed by atoms with van der Waals surface area (Å²) >= 11 is 1.32. The fourth-order valence-corrected chi connectivity index (χ4v) is 5.37. The Bertz CT molecular complexity index is 1260. The van der Waals surface area contributed by atoms with Crippen LogP contribution < -0.4 is 14.8 Å². The molecular formula is C25H22N4O3S. The van der Waals surface area contributed by atoms with Crippen LogP contribution in [0.3, 0.4) is 0 Å². The van der Waals surface area contributed by atoms with E-state index in [9.17, 15) is 4.79 Å². The van der Waals surface area contributed by atoms with Gasteiger partial charge < -0.3 is 9.47 Å². The quantitative estimate of drug-likeness (QED) is 0.524. The number of thioether (sulfide) groups is 1. The van der Waals surface area contributed by atoms with E-state index in [1.54, 1.807) is 7.11 Å². The van der Waals surface area contributed by atoms with Crippen molar-refractivity contribution in [2.75, 3.05) is 24.2 Å². The molecule has 3 aromatic carbocycles. The monoisotopic (exact) mass is 458 g/mol. The molecule has 0 N–H and O–H groups in total. The van der Waals surface area contributed by atoms with Crippen LogP contribution in [0.25, 0.3) is 0 Å². The normalized spacial score (nSPS) is 19.1. The van der Waals surface area contributed by atoms with Crippen molar-refractivity contribution in [1.82, 2.24) is 0 Å². The van der Waals surface area contributed by atoms with Crippen molar-refractivity contribution in [1.29, 1.82) is 0 Å². The number of nitrogens with zero attached hydrogens (tertiary/aromatic N) is 4. The van der Waals surface area contributed by atoms with Crippen molar-refractivity contribution in [3.05, 3.63) is 90.0 Å². The Morgan fingerprint density at radius 1 is 0.848 bits per heavy atom. The molecule has 166 valence electrons. The summed E-state index contributed by atoms with van der Waals surface area (Å²) in [6, 6.07) is 25.5. The van der Waals surface area contributed by atoms with Gasteiger partial charge in [-0.25, -0.2) is 14.8 Å². The molecule has 3 aromatic rings. The van der Waals surface area contributed by atoms with Crippen LogP contribution in [0.15, 0.2) is 89.1 Å². The highest BCUT2D eigenvalue weighted by molar-refractivity contribution is 8.16. The van der Waals surface area contributed by atoms with Gasteiger partial charge in [0.2, 0.25) is 10.0 Å². The molecule has 8 heteroatoms. The van der Waals surface area contributed by atoms with Gasteiger partial charge in [-0.05, 0) is 55.1 Å². The van der Waals surface area contributed by atoms with Crippen LogP contribution in [0, 0.1) is 0 Å². The SMILES string of the molecule is COC(=O)C1=NN(c2ccc(OC)cc2)[C@]2(S1)c1ccccc1C(C)=NN2c1ccccc1. The average molecular weight is 459 g/mol. The van der Waals surface area contributed by atoms with Gasteiger partial charge in [0.05, 0.1) is 31.3 Å². The van der Waals surface area contributed by atoms with E-state index in [1.165, 1.54) is 18.9 Å². The molecule has 0 unspecified atom stereocenters. The summed E-state index contributed by atoms with van der Waals surface area (Å²) in [4.78, 5) is 11.7. The standard InChI is InChI=1S/C25H22N4O3S/c1-17-21-11-7-8-12-22(21)25(28(26-17)18-9-5-4-6-10-18)29(27-23(33-25)24(30)32-3)19-13-15-20(31-2)16-14-19/h4-16H,1-3H3/t25-/m0/s1. The van der Waals surface area contributed by atoms with E-state index >= 15 is 0 Å². The molecule has 2 heterocycles. The summed E-state index contributed by atoms with van der Waals surface area (Å²) in [6.07, 6.45) is 0. The summed E-state index contributed by atoms with van der Waals surface area (Å²) in [5, 5.41) is 13.8. The summed E-state index contributed by atoms with van der Waals surface area (Å²) < 4.78 is 10.4. The van der Waals surface area contributed by atoms with Gasteiger partial charge in [-0.15, -0.1) is 0 Å². The Balaban J connectivity index is 1.78. The minimum atomic E-state index is -0.977. The minimum absolute atomic E-state index is 0.249. The maximum absolute atomic E-state index is 12.7. The predicted octanol–water partition coefficient (Wildman–Crippen LogP) is 4.79. The van der Waals surface area contributed by atoms with Gasteiger partial charge in [-0.3, -0.25) is 0 Å². The molecule has 0 saturated heterocycles. The van der Waals surface area contributed by atoms with E-state index in [4.69, 9.17) is 19.7 Å². The van der Waals surface area contributed by atoms with Crippen molar-refractivity contribution >= 4 is 39.9 Å². The Hall–Kier alpha value is -3.78. The van der Waals surface area contributed by atoms with Gasteiger partial charge in [0.1, 0.15) is 5.75 Å². The van der Waals surface area contributed by atoms with Crippen molar-refractivity contribution in [3.8, 4) is 5.75 Å². The third-order valence-electron chi connectivity index (χ3n) is 5.60. The molecular weight excluding hydrogens is 436 g/mol. The molecule has 0 aliphatic carbocycles. The highest BCUT2D eigenvalue weighted by atomic mass is 32.2. The number of hydrogen-bond donors (Lipinski definition) is 0. The summed E-state index contributed by atoms with van der Waals surface area (Å²) in [6.45, 7) is 1.99. The Kier molecular flexibility index (Phi) is 5.30. The number of hydrazone groups is 2. The number of ether oxygens (including phenoxy) is 2. The van der Waals surface area contributed by atoms with Crippen LogP contribution in [0.2, 0.25) is 0 Å². The van der Waals surface area contributed by atoms with Crippen LogP contribution in [0.5, 0.6) is 5.75 Å². The highest BCUT2D eigenvalue weighted by Crippen LogP contribution is 2.54. The van der Waals surface area contributed by atoms with E-state index < -0.39 is 11.0 Å². The Morgan fingerprint density at radius 3 is 2.18 bits per heavy atom. The minimum Gasteiger partial charge on any atom is -0.497 e. The first-order chi connectivity index (χ1) is 16.1. The second-order valence-corrected chi connectivity index (χ2v) is 8.66. The zero-order valence-electron chi connectivity index (χ0n) is 18.4. The van der Waals surface area contributed by atoms with Crippen LogP contribution in [-0.2, 0) is 14.5 Å². The maximum Gasteiger partial charge on any atom is 0.365 e. The molecule has 2 aliphatic heterocycles. The van der Waals surface area contributed by atoms with Crippen molar-refractivity contribution in [3.63, 3.8) is 0 Å². The number of hydrogen-bond acceptors (Lipinski definition) is 8. The molecule has 5 rings (SSSR count). The van der Waals surface area contributed by atoms with E-state index in [1.807, 2.05) is 89.7 Å². The number of carbonyl (C=O) groups is 1. The number of benzene rings is 3. The molecule has 0 bridgehead atoms. The second kappa shape index (κ2) is 8.29. The zero-order chi connectivity index (χ0) is 23.0. The molecule has 0 saturated carbocycles. The van der Waals surface area contributed by atoms with Gasteiger partial charge in [0.15, 0.2) is 0 Å². The third-order valence-corrected chi connectivity index (χ3v) is 6.89. The predicted molar refractivity (Wildman–Crippen MR) is 132 cm³/mol. The smallest absolute Gasteiger partial charge is 0.365 e. The second-order valence-electron chi connectivity index (χ2n) is 7.50. The third kappa shape index (κ3) is 3.34. The molecule has 0 fully saturated rings.